The van der Waals surface area contributed by atoms with E-state index in [4.69, 9.17) is 11.6 Å². The zero-order valence-electron chi connectivity index (χ0n) is 9.43. The van der Waals surface area contributed by atoms with Gasteiger partial charge in [0.1, 0.15) is 0 Å². The molecular weight excluding hydrogens is 222 g/mol. The van der Waals surface area contributed by atoms with Crippen LogP contribution < -0.4 is 5.32 Å². The second kappa shape index (κ2) is 6.19. The Morgan fingerprint density at radius 1 is 1.50 bits per heavy atom. The van der Waals surface area contributed by atoms with Crippen LogP contribution in [0.25, 0.3) is 0 Å². The Morgan fingerprint density at radius 3 is 2.88 bits per heavy atom. The van der Waals surface area contributed by atoms with Crippen LogP contribution in [-0.2, 0) is 0 Å². The van der Waals surface area contributed by atoms with E-state index in [1.54, 1.807) is 25.1 Å². The lowest BCUT2D eigenvalue weighted by molar-refractivity contribution is 0.0954. The third-order valence-corrected chi connectivity index (χ3v) is 2.38. The molecule has 1 aromatic rings. The van der Waals surface area contributed by atoms with Gasteiger partial charge in [0.15, 0.2) is 0 Å². The fraction of sp³-hybridized carbons (Fsp3) is 0.308. The van der Waals surface area contributed by atoms with Gasteiger partial charge in [-0.2, -0.15) is 0 Å². The minimum absolute atomic E-state index is 0.0768. The smallest absolute Gasteiger partial charge is 0.251 e. The van der Waals surface area contributed by atoms with Crippen LogP contribution in [0, 0.1) is 18.8 Å². The predicted octanol–water partition coefficient (Wildman–Crippen LogP) is 2.79. The summed E-state index contributed by atoms with van der Waals surface area (Å²) < 4.78 is 0. The fourth-order valence-electron chi connectivity index (χ4n) is 1.34. The van der Waals surface area contributed by atoms with E-state index < -0.39 is 0 Å². The molecule has 1 aromatic carbocycles. The highest BCUT2D eigenvalue weighted by Gasteiger charge is 2.07. The zero-order chi connectivity index (χ0) is 12.0. The Morgan fingerprint density at radius 2 is 2.25 bits per heavy atom. The first-order chi connectivity index (χ1) is 7.65. The molecule has 0 saturated heterocycles. The first kappa shape index (κ1) is 12.6. The van der Waals surface area contributed by atoms with Gasteiger partial charge in [0.2, 0.25) is 0 Å². The molecule has 0 radical (unpaired) electrons. The maximum absolute atomic E-state index is 11.7. The Hall–Kier alpha value is -1.46. The lowest BCUT2D eigenvalue weighted by atomic mass is 10.1. The highest BCUT2D eigenvalue weighted by Crippen LogP contribution is 2.14. The Labute approximate surface area is 101 Å². The van der Waals surface area contributed by atoms with Crippen LogP contribution in [0.5, 0.6) is 0 Å². The first-order valence-corrected chi connectivity index (χ1v) is 5.47. The van der Waals surface area contributed by atoms with E-state index in [1.165, 1.54) is 0 Å². The minimum Gasteiger partial charge on any atom is -0.351 e. The van der Waals surface area contributed by atoms with Gasteiger partial charge in [0.05, 0.1) is 0 Å². The molecule has 0 atom stereocenters. The number of amides is 1. The molecule has 0 fully saturated rings. The lowest BCUT2D eigenvalue weighted by Crippen LogP contribution is -2.24. The van der Waals surface area contributed by atoms with Gasteiger partial charge in [0, 0.05) is 23.6 Å². The first-order valence-electron chi connectivity index (χ1n) is 5.09. The molecule has 0 aliphatic rings. The van der Waals surface area contributed by atoms with Gasteiger partial charge in [-0.1, -0.05) is 11.6 Å². The normalized spacial score (nSPS) is 9.19. The average Bonchev–Trinajstić information content (AvgIpc) is 2.24. The summed E-state index contributed by atoms with van der Waals surface area (Å²) in [6.07, 6.45) is 0.675. The summed E-state index contributed by atoms with van der Waals surface area (Å²) in [5.74, 6) is 5.60. The summed E-state index contributed by atoms with van der Waals surface area (Å²) in [5, 5.41) is 3.45. The highest BCUT2D eigenvalue weighted by atomic mass is 35.5. The highest BCUT2D eigenvalue weighted by molar-refractivity contribution is 6.30. The number of carbonyl (C=O) groups is 1. The number of rotatable bonds is 3. The van der Waals surface area contributed by atoms with Crippen molar-refractivity contribution in [3.8, 4) is 11.8 Å². The van der Waals surface area contributed by atoms with Crippen molar-refractivity contribution in [2.75, 3.05) is 6.54 Å². The van der Waals surface area contributed by atoms with Crippen molar-refractivity contribution in [2.24, 2.45) is 0 Å². The van der Waals surface area contributed by atoms with Gasteiger partial charge in [-0.25, -0.2) is 0 Å². The van der Waals surface area contributed by atoms with Crippen molar-refractivity contribution in [2.45, 2.75) is 20.3 Å². The molecular formula is C13H14ClNO. The molecule has 0 unspecified atom stereocenters. The molecule has 0 aromatic heterocycles. The van der Waals surface area contributed by atoms with Crippen molar-refractivity contribution in [3.05, 3.63) is 34.3 Å². The largest absolute Gasteiger partial charge is 0.351 e. The minimum atomic E-state index is -0.0768. The van der Waals surface area contributed by atoms with Crippen LogP contribution in [0.1, 0.15) is 29.3 Å². The summed E-state index contributed by atoms with van der Waals surface area (Å²) in [6, 6.07) is 5.23. The summed E-state index contributed by atoms with van der Waals surface area (Å²) >= 11 is 5.82. The summed E-state index contributed by atoms with van der Waals surface area (Å²) in [6.45, 7) is 4.22. The zero-order valence-corrected chi connectivity index (χ0v) is 10.2. The Balaban J connectivity index is 2.61. The fourth-order valence-corrected chi connectivity index (χ4v) is 1.57. The van der Waals surface area contributed by atoms with Gasteiger partial charge in [0.25, 0.3) is 5.91 Å². The summed E-state index contributed by atoms with van der Waals surface area (Å²) in [7, 11) is 0. The van der Waals surface area contributed by atoms with Gasteiger partial charge < -0.3 is 5.32 Å². The number of carbonyl (C=O) groups excluding carboxylic acids is 1. The number of hydrogen-bond donors (Lipinski definition) is 1. The van der Waals surface area contributed by atoms with E-state index in [0.717, 1.165) is 5.56 Å². The monoisotopic (exact) mass is 235 g/mol. The molecule has 0 heterocycles. The molecule has 16 heavy (non-hydrogen) atoms. The van der Waals surface area contributed by atoms with Crippen molar-refractivity contribution >= 4 is 17.5 Å². The average molecular weight is 236 g/mol. The SMILES string of the molecule is CC#CCCNC(=O)c1ccc(Cl)cc1C. The van der Waals surface area contributed by atoms with Gasteiger partial charge in [-0.15, -0.1) is 11.8 Å². The second-order valence-electron chi connectivity index (χ2n) is 3.39. The van der Waals surface area contributed by atoms with E-state index in [2.05, 4.69) is 17.2 Å². The molecule has 1 N–H and O–H groups in total. The molecule has 1 amide bonds. The van der Waals surface area contributed by atoms with E-state index >= 15 is 0 Å². The quantitative estimate of drug-likeness (QED) is 0.634. The maximum atomic E-state index is 11.7. The molecule has 84 valence electrons. The van der Waals surface area contributed by atoms with Gasteiger partial charge in [-0.05, 0) is 37.6 Å². The molecule has 0 aliphatic heterocycles. The van der Waals surface area contributed by atoms with Crippen molar-refractivity contribution < 1.29 is 4.79 Å². The maximum Gasteiger partial charge on any atom is 0.251 e. The number of halogens is 1. The van der Waals surface area contributed by atoms with Crippen LogP contribution in [-0.4, -0.2) is 12.5 Å². The van der Waals surface area contributed by atoms with E-state index in [0.29, 0.717) is 23.6 Å². The van der Waals surface area contributed by atoms with E-state index in [1.807, 2.05) is 6.92 Å². The number of benzene rings is 1. The van der Waals surface area contributed by atoms with Crippen molar-refractivity contribution in [1.29, 1.82) is 0 Å². The van der Waals surface area contributed by atoms with Crippen molar-refractivity contribution in [1.82, 2.24) is 5.32 Å². The molecule has 3 heteroatoms. The second-order valence-corrected chi connectivity index (χ2v) is 3.83. The lowest BCUT2D eigenvalue weighted by Gasteiger charge is -2.06. The summed E-state index contributed by atoms with van der Waals surface area (Å²) in [5.41, 5.74) is 1.54. The van der Waals surface area contributed by atoms with Crippen LogP contribution >= 0.6 is 11.6 Å². The van der Waals surface area contributed by atoms with E-state index in [-0.39, 0.29) is 5.91 Å². The molecule has 1 rings (SSSR count). The molecule has 0 saturated carbocycles. The molecule has 0 spiro atoms. The molecule has 0 bridgehead atoms. The number of nitrogens with one attached hydrogen (secondary N) is 1. The topological polar surface area (TPSA) is 29.1 Å². The van der Waals surface area contributed by atoms with Crippen LogP contribution in [0.15, 0.2) is 18.2 Å². The van der Waals surface area contributed by atoms with Crippen LogP contribution in [0.2, 0.25) is 5.02 Å². The Kier molecular flexibility index (Phi) is 4.88. The van der Waals surface area contributed by atoms with Crippen LogP contribution in [0.3, 0.4) is 0 Å². The third-order valence-electron chi connectivity index (χ3n) is 2.15. The number of hydrogen-bond acceptors (Lipinski definition) is 1. The van der Waals surface area contributed by atoms with Crippen molar-refractivity contribution in [3.63, 3.8) is 0 Å². The third kappa shape index (κ3) is 3.60. The van der Waals surface area contributed by atoms with Gasteiger partial charge in [-0.3, -0.25) is 4.79 Å². The summed E-state index contributed by atoms with van der Waals surface area (Å²) in [4.78, 5) is 11.7. The van der Waals surface area contributed by atoms with E-state index in [9.17, 15) is 4.79 Å². The predicted molar refractivity (Wildman–Crippen MR) is 66.6 cm³/mol. The molecule has 0 aliphatic carbocycles. The van der Waals surface area contributed by atoms with Gasteiger partial charge >= 0.3 is 0 Å². The molecule has 2 nitrogen and oxygen atoms in total. The number of aryl methyl sites for hydroxylation is 1. The standard InChI is InChI=1S/C13H14ClNO/c1-3-4-5-8-15-13(16)12-7-6-11(14)9-10(12)2/h6-7,9H,5,8H2,1-2H3,(H,15,16). The van der Waals surface area contributed by atoms with Crippen LogP contribution in [0.4, 0.5) is 0 Å². The Bertz CT molecular complexity index is 443.